The lowest BCUT2D eigenvalue weighted by molar-refractivity contribution is 0.200. The Labute approximate surface area is 183 Å². The molecule has 0 saturated heterocycles. The van der Waals surface area contributed by atoms with Gasteiger partial charge in [-0.25, -0.2) is 4.99 Å². The number of halogens is 1. The van der Waals surface area contributed by atoms with Crippen LogP contribution in [0.5, 0.6) is 17.2 Å². The van der Waals surface area contributed by atoms with Gasteiger partial charge in [0.25, 0.3) is 0 Å². The topological polar surface area (TPSA) is 78.1 Å². The Morgan fingerprint density at radius 2 is 1.86 bits per heavy atom. The first-order chi connectivity index (χ1) is 13.2. The lowest BCUT2D eigenvalue weighted by Gasteiger charge is -2.16. The largest absolute Gasteiger partial charge is 0.497 e. The Hall–Kier alpha value is -2.16. The van der Waals surface area contributed by atoms with Gasteiger partial charge in [-0.2, -0.15) is 0 Å². The first kappa shape index (κ1) is 22.1. The van der Waals surface area contributed by atoms with E-state index in [2.05, 4.69) is 10.3 Å². The number of rotatable bonds is 7. The highest BCUT2D eigenvalue weighted by Crippen LogP contribution is 2.32. The van der Waals surface area contributed by atoms with Crippen LogP contribution in [0.2, 0.25) is 0 Å². The van der Waals surface area contributed by atoms with Crippen LogP contribution in [0.1, 0.15) is 31.2 Å². The van der Waals surface area contributed by atoms with Gasteiger partial charge in [-0.15, -0.1) is 24.0 Å². The second-order valence-corrected chi connectivity index (χ2v) is 6.57. The molecule has 7 heteroatoms. The molecule has 3 N–H and O–H groups in total. The van der Waals surface area contributed by atoms with Crippen molar-refractivity contribution in [1.29, 1.82) is 0 Å². The van der Waals surface area contributed by atoms with Crippen molar-refractivity contribution in [2.75, 3.05) is 19.5 Å². The minimum Gasteiger partial charge on any atom is -0.497 e. The maximum absolute atomic E-state index is 6.07. The highest BCUT2D eigenvalue weighted by molar-refractivity contribution is 14.0. The Kier molecular flexibility index (Phi) is 8.69. The number of guanidine groups is 1. The number of anilines is 1. The van der Waals surface area contributed by atoms with E-state index in [-0.39, 0.29) is 24.0 Å². The molecular formula is C21H28IN3O3. The van der Waals surface area contributed by atoms with E-state index in [4.69, 9.17) is 19.9 Å². The molecule has 0 heterocycles. The average Bonchev–Trinajstić information content (AvgIpc) is 3.20. The number of nitrogens with one attached hydrogen (secondary N) is 1. The Morgan fingerprint density at radius 3 is 2.57 bits per heavy atom. The summed E-state index contributed by atoms with van der Waals surface area (Å²) in [6.45, 7) is 0.447. The van der Waals surface area contributed by atoms with Gasteiger partial charge in [0, 0.05) is 11.8 Å². The summed E-state index contributed by atoms with van der Waals surface area (Å²) in [5.41, 5.74) is 7.82. The SMILES string of the molecule is COc1cccc(NC(N)=NCc2ccc(OC3CCCC3)c(OC)c2)c1.I. The zero-order chi connectivity index (χ0) is 19.1. The molecule has 1 fully saturated rings. The number of methoxy groups -OCH3 is 2. The molecule has 2 aromatic carbocycles. The van der Waals surface area contributed by atoms with Crippen LogP contribution in [-0.4, -0.2) is 26.3 Å². The Morgan fingerprint density at radius 1 is 1.07 bits per heavy atom. The lowest BCUT2D eigenvalue weighted by atomic mass is 10.2. The second kappa shape index (κ2) is 11.0. The van der Waals surface area contributed by atoms with E-state index in [0.29, 0.717) is 18.6 Å². The molecule has 6 nitrogen and oxygen atoms in total. The Bertz CT molecular complexity index is 792. The summed E-state index contributed by atoms with van der Waals surface area (Å²) >= 11 is 0. The summed E-state index contributed by atoms with van der Waals surface area (Å²) in [5, 5.41) is 3.07. The summed E-state index contributed by atoms with van der Waals surface area (Å²) in [6.07, 6.45) is 4.99. The highest BCUT2D eigenvalue weighted by Gasteiger charge is 2.18. The smallest absolute Gasteiger partial charge is 0.193 e. The van der Waals surface area contributed by atoms with E-state index >= 15 is 0 Å². The summed E-state index contributed by atoms with van der Waals surface area (Å²) in [4.78, 5) is 4.40. The summed E-state index contributed by atoms with van der Waals surface area (Å²) in [6, 6.07) is 13.4. The second-order valence-electron chi connectivity index (χ2n) is 6.57. The first-order valence-electron chi connectivity index (χ1n) is 9.22. The zero-order valence-corrected chi connectivity index (χ0v) is 18.6. The van der Waals surface area contributed by atoms with Crippen LogP contribution in [0, 0.1) is 0 Å². The molecule has 0 radical (unpaired) electrons. The van der Waals surface area contributed by atoms with Gasteiger partial charge in [0.15, 0.2) is 17.5 Å². The predicted octanol–water partition coefficient (Wildman–Crippen LogP) is 4.57. The standard InChI is InChI=1S/C21H27N3O3.HI/c1-25-18-9-5-6-16(13-18)24-21(22)23-14-15-10-11-19(20(12-15)26-2)27-17-7-3-4-8-17;/h5-6,9-13,17H,3-4,7-8,14H2,1-2H3,(H3,22,23,24);1H. The molecule has 28 heavy (non-hydrogen) atoms. The maximum Gasteiger partial charge on any atom is 0.193 e. The molecule has 1 saturated carbocycles. The van der Waals surface area contributed by atoms with Crippen molar-refractivity contribution >= 4 is 35.6 Å². The average molecular weight is 497 g/mol. The maximum atomic E-state index is 6.07. The predicted molar refractivity (Wildman–Crippen MR) is 123 cm³/mol. The monoisotopic (exact) mass is 497 g/mol. The van der Waals surface area contributed by atoms with Gasteiger partial charge in [0.05, 0.1) is 26.9 Å². The number of nitrogens with two attached hydrogens (primary N) is 1. The van der Waals surface area contributed by atoms with E-state index in [1.165, 1.54) is 12.8 Å². The fourth-order valence-electron chi connectivity index (χ4n) is 3.16. The third kappa shape index (κ3) is 6.19. The quantitative estimate of drug-likeness (QED) is 0.333. The van der Waals surface area contributed by atoms with Crippen molar-refractivity contribution in [1.82, 2.24) is 0 Å². The zero-order valence-electron chi connectivity index (χ0n) is 16.3. The minimum atomic E-state index is 0. The van der Waals surface area contributed by atoms with Gasteiger partial charge >= 0.3 is 0 Å². The van der Waals surface area contributed by atoms with Crippen molar-refractivity contribution in [2.24, 2.45) is 10.7 Å². The van der Waals surface area contributed by atoms with E-state index in [1.807, 2.05) is 42.5 Å². The van der Waals surface area contributed by atoms with Gasteiger partial charge < -0.3 is 25.3 Å². The van der Waals surface area contributed by atoms with Crippen LogP contribution in [0.25, 0.3) is 0 Å². The molecule has 1 aliphatic carbocycles. The van der Waals surface area contributed by atoms with Crippen molar-refractivity contribution in [2.45, 2.75) is 38.3 Å². The third-order valence-electron chi connectivity index (χ3n) is 4.60. The molecule has 0 spiro atoms. The molecule has 0 aliphatic heterocycles. The van der Waals surface area contributed by atoms with Crippen molar-refractivity contribution in [3.05, 3.63) is 48.0 Å². The summed E-state index contributed by atoms with van der Waals surface area (Å²) in [7, 11) is 3.28. The molecule has 0 amide bonds. The molecule has 0 atom stereocenters. The third-order valence-corrected chi connectivity index (χ3v) is 4.60. The van der Waals surface area contributed by atoms with Crippen LogP contribution >= 0.6 is 24.0 Å². The fraction of sp³-hybridized carbons (Fsp3) is 0.381. The molecule has 0 unspecified atom stereocenters. The van der Waals surface area contributed by atoms with E-state index in [1.54, 1.807) is 14.2 Å². The lowest BCUT2D eigenvalue weighted by Crippen LogP contribution is -2.22. The van der Waals surface area contributed by atoms with Gasteiger partial charge in [-0.1, -0.05) is 12.1 Å². The van der Waals surface area contributed by atoms with Crippen LogP contribution < -0.4 is 25.3 Å². The highest BCUT2D eigenvalue weighted by atomic mass is 127. The molecule has 0 aromatic heterocycles. The number of nitrogens with zero attached hydrogens (tertiary/aromatic N) is 1. The molecule has 152 valence electrons. The van der Waals surface area contributed by atoms with Crippen molar-refractivity contribution in [3.8, 4) is 17.2 Å². The van der Waals surface area contributed by atoms with Gasteiger partial charge in [0.2, 0.25) is 0 Å². The van der Waals surface area contributed by atoms with Gasteiger partial charge in [-0.3, -0.25) is 0 Å². The van der Waals surface area contributed by atoms with Crippen LogP contribution in [-0.2, 0) is 6.54 Å². The minimum absolute atomic E-state index is 0. The molecular weight excluding hydrogens is 469 g/mol. The normalized spacial score (nSPS) is 14.3. The first-order valence-corrected chi connectivity index (χ1v) is 9.22. The van der Waals surface area contributed by atoms with Crippen LogP contribution in [0.4, 0.5) is 5.69 Å². The molecule has 0 bridgehead atoms. The van der Waals surface area contributed by atoms with Crippen molar-refractivity contribution < 1.29 is 14.2 Å². The van der Waals surface area contributed by atoms with Crippen molar-refractivity contribution in [3.63, 3.8) is 0 Å². The molecule has 1 aliphatic rings. The van der Waals surface area contributed by atoms with E-state index in [0.717, 1.165) is 41.3 Å². The molecule has 2 aromatic rings. The van der Waals surface area contributed by atoms with E-state index < -0.39 is 0 Å². The fourth-order valence-corrected chi connectivity index (χ4v) is 3.16. The number of benzene rings is 2. The van der Waals surface area contributed by atoms with Crippen LogP contribution in [0.3, 0.4) is 0 Å². The summed E-state index contributed by atoms with van der Waals surface area (Å²) < 4.78 is 16.8. The van der Waals surface area contributed by atoms with E-state index in [9.17, 15) is 0 Å². The van der Waals surface area contributed by atoms with Crippen LogP contribution in [0.15, 0.2) is 47.5 Å². The summed E-state index contributed by atoms with van der Waals surface area (Å²) in [5.74, 6) is 2.62. The van der Waals surface area contributed by atoms with Gasteiger partial charge in [-0.05, 0) is 55.5 Å². The number of hydrogen-bond donors (Lipinski definition) is 2. The number of aliphatic imine (C=N–C) groups is 1. The number of hydrogen-bond acceptors (Lipinski definition) is 4. The number of ether oxygens (including phenoxy) is 3. The van der Waals surface area contributed by atoms with Gasteiger partial charge in [0.1, 0.15) is 5.75 Å². The Balaban J connectivity index is 0.00000280. The molecule has 3 rings (SSSR count).